The molecule has 0 radical (unpaired) electrons. The fourth-order valence-corrected chi connectivity index (χ4v) is 6.04. The minimum atomic E-state index is 0.580. The summed E-state index contributed by atoms with van der Waals surface area (Å²) in [6.07, 6.45) is 0. The lowest BCUT2D eigenvalue weighted by atomic mass is 9.95. The van der Waals surface area contributed by atoms with Crippen LogP contribution in [0.25, 0.3) is 89.2 Å². The zero-order valence-electron chi connectivity index (χ0n) is 23.4. The Labute approximate surface area is 252 Å². The first-order chi connectivity index (χ1) is 21.8. The summed E-state index contributed by atoms with van der Waals surface area (Å²) in [6.45, 7) is 0. The maximum Gasteiger partial charge on any atom is 0.164 e. The molecule has 3 aromatic heterocycles. The molecule has 9 rings (SSSR count). The van der Waals surface area contributed by atoms with Gasteiger partial charge in [-0.15, -0.1) is 0 Å². The predicted octanol–water partition coefficient (Wildman–Crippen LogP) is 10.3. The summed E-state index contributed by atoms with van der Waals surface area (Å²) in [5, 5.41) is 4.28. The van der Waals surface area contributed by atoms with Gasteiger partial charge in [-0.1, -0.05) is 103 Å². The molecule has 44 heavy (non-hydrogen) atoms. The summed E-state index contributed by atoms with van der Waals surface area (Å²) < 4.78 is 12.6. The molecule has 0 atom stereocenters. The zero-order chi connectivity index (χ0) is 29.0. The van der Waals surface area contributed by atoms with E-state index in [4.69, 9.17) is 23.8 Å². The summed E-state index contributed by atoms with van der Waals surface area (Å²) in [5.74, 6) is 1.81. The quantitative estimate of drug-likeness (QED) is 0.212. The molecule has 0 fully saturated rings. The van der Waals surface area contributed by atoms with Crippen LogP contribution in [0.2, 0.25) is 0 Å². The van der Waals surface area contributed by atoms with E-state index in [2.05, 4.69) is 36.4 Å². The molecule has 0 N–H and O–H groups in total. The largest absolute Gasteiger partial charge is 0.456 e. The Bertz CT molecular complexity index is 2440. The van der Waals surface area contributed by atoms with Gasteiger partial charge >= 0.3 is 0 Å². The van der Waals surface area contributed by atoms with Gasteiger partial charge in [0.1, 0.15) is 22.3 Å². The van der Waals surface area contributed by atoms with Gasteiger partial charge in [0, 0.05) is 38.2 Å². The van der Waals surface area contributed by atoms with Crippen molar-refractivity contribution in [2.45, 2.75) is 0 Å². The van der Waals surface area contributed by atoms with Crippen LogP contribution in [0, 0.1) is 0 Å². The number of furan rings is 2. The fourth-order valence-electron chi connectivity index (χ4n) is 6.04. The highest BCUT2D eigenvalue weighted by molar-refractivity contribution is 6.15. The van der Waals surface area contributed by atoms with Gasteiger partial charge in [-0.25, -0.2) is 15.0 Å². The second-order valence-electron chi connectivity index (χ2n) is 10.8. The maximum absolute atomic E-state index is 6.46. The first-order valence-electron chi connectivity index (χ1n) is 14.5. The zero-order valence-corrected chi connectivity index (χ0v) is 23.4. The van der Waals surface area contributed by atoms with E-state index in [0.717, 1.165) is 71.7 Å². The van der Waals surface area contributed by atoms with E-state index in [9.17, 15) is 0 Å². The second-order valence-corrected chi connectivity index (χ2v) is 10.8. The highest BCUT2D eigenvalue weighted by Crippen LogP contribution is 2.41. The van der Waals surface area contributed by atoms with Gasteiger partial charge in [-0.05, 0) is 47.5 Å². The minimum Gasteiger partial charge on any atom is -0.456 e. The summed E-state index contributed by atoms with van der Waals surface area (Å²) in [7, 11) is 0. The Kier molecular flexibility index (Phi) is 5.43. The van der Waals surface area contributed by atoms with Crippen molar-refractivity contribution in [3.05, 3.63) is 140 Å². The molecule has 0 saturated carbocycles. The summed E-state index contributed by atoms with van der Waals surface area (Å²) >= 11 is 0. The Balaban J connectivity index is 1.33. The Morgan fingerprint density at radius 2 is 0.864 bits per heavy atom. The van der Waals surface area contributed by atoms with E-state index in [-0.39, 0.29) is 0 Å². The average Bonchev–Trinajstić information content (AvgIpc) is 3.66. The normalized spacial score (nSPS) is 11.6. The van der Waals surface area contributed by atoms with Crippen molar-refractivity contribution in [2.75, 3.05) is 0 Å². The summed E-state index contributed by atoms with van der Waals surface area (Å²) in [4.78, 5) is 14.9. The van der Waals surface area contributed by atoms with E-state index >= 15 is 0 Å². The lowest BCUT2D eigenvalue weighted by Crippen LogP contribution is -2.00. The van der Waals surface area contributed by atoms with Crippen LogP contribution >= 0.6 is 0 Å². The number of hydrogen-bond acceptors (Lipinski definition) is 5. The monoisotopic (exact) mass is 565 g/mol. The van der Waals surface area contributed by atoms with Crippen LogP contribution in [0.5, 0.6) is 0 Å². The highest BCUT2D eigenvalue weighted by Gasteiger charge is 2.19. The average molecular weight is 566 g/mol. The third-order valence-electron chi connectivity index (χ3n) is 8.12. The molecule has 0 saturated heterocycles. The Morgan fingerprint density at radius 1 is 0.341 bits per heavy atom. The number of hydrogen-bond donors (Lipinski definition) is 0. The van der Waals surface area contributed by atoms with Gasteiger partial charge in [-0.2, -0.15) is 0 Å². The SMILES string of the molecule is c1ccc(-c2nc(-c3ccccc3)nc(-c3cc(-c4ccc5oc6ccccc6c5c4)c4c(c3)oc3ccccc34)n2)cc1. The Hall–Kier alpha value is -6.07. The van der Waals surface area contributed by atoms with Gasteiger partial charge in [0.2, 0.25) is 0 Å². The van der Waals surface area contributed by atoms with Gasteiger partial charge in [0.15, 0.2) is 17.5 Å². The first kappa shape index (κ1) is 24.5. The van der Waals surface area contributed by atoms with E-state index < -0.39 is 0 Å². The number of rotatable bonds is 4. The highest BCUT2D eigenvalue weighted by atomic mass is 16.3. The van der Waals surface area contributed by atoms with E-state index in [1.807, 2.05) is 103 Å². The molecule has 0 unspecified atom stereocenters. The van der Waals surface area contributed by atoms with Crippen molar-refractivity contribution < 1.29 is 8.83 Å². The summed E-state index contributed by atoms with van der Waals surface area (Å²) in [6, 6.07) is 47.0. The van der Waals surface area contributed by atoms with Crippen LogP contribution in [0.1, 0.15) is 0 Å². The molecule has 0 aliphatic rings. The molecule has 5 nitrogen and oxygen atoms in total. The van der Waals surface area contributed by atoms with Crippen molar-refractivity contribution in [1.82, 2.24) is 15.0 Å². The van der Waals surface area contributed by atoms with Gasteiger partial charge < -0.3 is 8.83 Å². The van der Waals surface area contributed by atoms with Crippen LogP contribution in [-0.2, 0) is 0 Å². The number of nitrogens with zero attached hydrogens (tertiary/aromatic N) is 3. The number of aromatic nitrogens is 3. The van der Waals surface area contributed by atoms with E-state index in [0.29, 0.717) is 17.5 Å². The summed E-state index contributed by atoms with van der Waals surface area (Å²) in [5.41, 5.74) is 8.14. The molecule has 6 aromatic carbocycles. The van der Waals surface area contributed by atoms with Crippen molar-refractivity contribution in [3.8, 4) is 45.3 Å². The van der Waals surface area contributed by atoms with Crippen molar-refractivity contribution in [2.24, 2.45) is 0 Å². The van der Waals surface area contributed by atoms with Crippen molar-refractivity contribution in [1.29, 1.82) is 0 Å². The number of benzene rings is 6. The molecule has 0 spiro atoms. The molecule has 0 amide bonds. The number of para-hydroxylation sites is 2. The molecule has 3 heterocycles. The molecule has 0 bridgehead atoms. The molecule has 5 heteroatoms. The van der Waals surface area contributed by atoms with Gasteiger partial charge in [0.25, 0.3) is 0 Å². The van der Waals surface area contributed by atoms with Gasteiger partial charge in [-0.3, -0.25) is 0 Å². The van der Waals surface area contributed by atoms with Crippen LogP contribution in [-0.4, -0.2) is 15.0 Å². The van der Waals surface area contributed by atoms with E-state index in [1.54, 1.807) is 0 Å². The van der Waals surface area contributed by atoms with Crippen LogP contribution < -0.4 is 0 Å². The molecule has 0 aliphatic heterocycles. The van der Waals surface area contributed by atoms with Gasteiger partial charge in [0.05, 0.1) is 0 Å². The maximum atomic E-state index is 6.46. The third kappa shape index (κ3) is 3.98. The first-order valence-corrected chi connectivity index (χ1v) is 14.5. The van der Waals surface area contributed by atoms with Crippen molar-refractivity contribution in [3.63, 3.8) is 0 Å². The third-order valence-corrected chi connectivity index (χ3v) is 8.12. The van der Waals surface area contributed by atoms with E-state index in [1.165, 1.54) is 0 Å². The molecule has 206 valence electrons. The minimum absolute atomic E-state index is 0.580. The molecular weight excluding hydrogens is 542 g/mol. The molecular formula is C39H23N3O2. The Morgan fingerprint density at radius 3 is 1.55 bits per heavy atom. The van der Waals surface area contributed by atoms with Crippen LogP contribution in [0.4, 0.5) is 0 Å². The standard InChI is InChI=1S/C39H23N3O2/c1-3-11-24(12-4-1)37-40-38(25-13-5-2-6-14-25)42-39(41-37)27-22-30(36-29-16-8-10-18-33(29)44-35(36)23-27)26-19-20-34-31(21-26)28-15-7-9-17-32(28)43-34/h1-23H. The second kappa shape index (κ2) is 9.75. The number of fused-ring (bicyclic) bond motifs is 6. The van der Waals surface area contributed by atoms with Crippen LogP contribution in [0.3, 0.4) is 0 Å². The predicted molar refractivity (Wildman–Crippen MR) is 176 cm³/mol. The lowest BCUT2D eigenvalue weighted by molar-refractivity contribution is 0.669. The topological polar surface area (TPSA) is 65.0 Å². The van der Waals surface area contributed by atoms with Crippen LogP contribution in [0.15, 0.2) is 148 Å². The molecule has 0 aliphatic carbocycles. The van der Waals surface area contributed by atoms with Crippen molar-refractivity contribution >= 4 is 43.9 Å². The molecule has 9 aromatic rings. The smallest absolute Gasteiger partial charge is 0.164 e. The lowest BCUT2D eigenvalue weighted by Gasteiger charge is -2.11. The fraction of sp³-hybridized carbons (Fsp3) is 0.